The Morgan fingerprint density at radius 2 is 1.44 bits per heavy atom. The summed E-state index contributed by atoms with van der Waals surface area (Å²) in [5, 5.41) is 6.73. The highest BCUT2D eigenvalue weighted by molar-refractivity contribution is 6.95. The van der Waals surface area contributed by atoms with Crippen molar-refractivity contribution in [3.05, 3.63) is 35.0 Å². The van der Waals surface area contributed by atoms with Gasteiger partial charge in [0.2, 0.25) is 0 Å². The quantitative estimate of drug-likeness (QED) is 0.534. The summed E-state index contributed by atoms with van der Waals surface area (Å²) in [6.45, 7) is 21.3. The molecule has 1 aromatic rings. The summed E-state index contributed by atoms with van der Waals surface area (Å²) in [6.07, 6.45) is 1.08. The highest BCUT2D eigenvalue weighted by Gasteiger charge is 2.45. The smallest absolute Gasteiger partial charge is 0.0969 e. The van der Waals surface area contributed by atoms with Gasteiger partial charge in [0.1, 0.15) is 0 Å². The van der Waals surface area contributed by atoms with E-state index in [1.165, 1.54) is 16.5 Å². The number of para-hydroxylation sites is 1. The second kappa shape index (κ2) is 9.22. The van der Waals surface area contributed by atoms with Crippen molar-refractivity contribution < 1.29 is 0 Å². The molecule has 1 rings (SSSR count). The molecule has 1 N–H and O–H groups in total. The molecule has 0 bridgehead atoms. The Morgan fingerprint density at radius 3 is 1.84 bits per heavy atom. The molecule has 25 heavy (non-hydrogen) atoms. The Kier molecular flexibility index (Phi) is 8.20. The van der Waals surface area contributed by atoms with Crippen LogP contribution >= 0.6 is 0 Å². The fourth-order valence-corrected chi connectivity index (χ4v) is 11.9. The summed E-state index contributed by atoms with van der Waals surface area (Å²) < 4.78 is 0. The molecule has 0 aliphatic heterocycles. The van der Waals surface area contributed by atoms with E-state index in [1.54, 1.807) is 5.19 Å². The third-order valence-corrected chi connectivity index (χ3v) is 13.6. The van der Waals surface area contributed by atoms with Gasteiger partial charge >= 0.3 is 0 Å². The fraction of sp³-hybridized carbons (Fsp3) is 0.636. The Labute approximate surface area is 161 Å². The van der Waals surface area contributed by atoms with Crippen molar-refractivity contribution >= 4 is 29.2 Å². The fourth-order valence-electron chi connectivity index (χ4n) is 4.89. The Balaban J connectivity index is 3.51. The lowest BCUT2D eigenvalue weighted by Crippen LogP contribution is -2.56. The first-order chi connectivity index (χ1) is 11.6. The monoisotopic (exact) mass is 372 g/mol. The first kappa shape index (κ1) is 22.2. The molecule has 0 amide bonds. The summed E-state index contributed by atoms with van der Waals surface area (Å²) in [5.74, 6) is 0. The van der Waals surface area contributed by atoms with Gasteiger partial charge in [-0.05, 0) is 48.1 Å². The predicted molar refractivity (Wildman–Crippen MR) is 119 cm³/mol. The molecule has 0 fully saturated rings. The van der Waals surface area contributed by atoms with E-state index in [1.807, 2.05) is 0 Å². The molecule has 0 aliphatic rings. The second-order valence-corrected chi connectivity index (χ2v) is 15.0. The first-order valence-corrected chi connectivity index (χ1v) is 12.6. The second-order valence-electron chi connectivity index (χ2n) is 8.36. The highest BCUT2D eigenvalue weighted by atomic mass is 28.3. The van der Waals surface area contributed by atoms with Crippen LogP contribution in [0.15, 0.2) is 35.0 Å². The summed E-state index contributed by atoms with van der Waals surface area (Å²) in [5.41, 5.74) is 4.88. The number of hydrogen-bond donors (Lipinski definition) is 1. The van der Waals surface area contributed by atoms with E-state index >= 15 is 0 Å². The van der Waals surface area contributed by atoms with Crippen molar-refractivity contribution in [1.82, 2.24) is 0 Å². The SMILES string of the molecule is CCC(Nc1ccccc1[Si](C(C)C)(C(C)C)C(C)C)C(C)=C(C)[Si]. The molecule has 0 aliphatic carbocycles. The van der Waals surface area contributed by atoms with E-state index < -0.39 is 8.07 Å². The zero-order valence-electron chi connectivity index (χ0n) is 17.8. The summed E-state index contributed by atoms with van der Waals surface area (Å²) >= 11 is 0. The van der Waals surface area contributed by atoms with Gasteiger partial charge < -0.3 is 5.32 Å². The number of nitrogens with one attached hydrogen (secondary N) is 1. The largest absolute Gasteiger partial charge is 0.379 e. The lowest BCUT2D eigenvalue weighted by atomic mass is 10.1. The lowest BCUT2D eigenvalue weighted by molar-refractivity contribution is 0.783. The average molecular weight is 373 g/mol. The van der Waals surface area contributed by atoms with Crippen molar-refractivity contribution in [1.29, 1.82) is 0 Å². The third kappa shape index (κ3) is 4.49. The van der Waals surface area contributed by atoms with E-state index in [0.29, 0.717) is 22.7 Å². The van der Waals surface area contributed by atoms with Gasteiger partial charge in [0.25, 0.3) is 0 Å². The normalized spacial score (nSPS) is 14.9. The predicted octanol–water partition coefficient (Wildman–Crippen LogP) is 6.23. The van der Waals surface area contributed by atoms with Gasteiger partial charge in [0.05, 0.1) is 18.3 Å². The van der Waals surface area contributed by atoms with Crippen molar-refractivity contribution in [2.24, 2.45) is 0 Å². The van der Waals surface area contributed by atoms with Gasteiger partial charge in [0, 0.05) is 11.7 Å². The van der Waals surface area contributed by atoms with Crippen LogP contribution in [0.5, 0.6) is 0 Å². The van der Waals surface area contributed by atoms with Crippen molar-refractivity contribution in [2.45, 2.75) is 91.4 Å². The summed E-state index contributed by atoms with van der Waals surface area (Å²) in [6, 6.07) is 9.48. The number of allylic oxidation sites excluding steroid dienone is 1. The molecular formula is C22H38NSi2. The van der Waals surface area contributed by atoms with Crippen LogP contribution in [0.3, 0.4) is 0 Å². The number of anilines is 1. The third-order valence-electron chi connectivity index (χ3n) is 6.11. The summed E-state index contributed by atoms with van der Waals surface area (Å²) in [7, 11) is 2.04. The maximum atomic E-state index is 3.89. The van der Waals surface area contributed by atoms with Gasteiger partial charge in [-0.1, -0.05) is 77.4 Å². The van der Waals surface area contributed by atoms with Crippen molar-refractivity contribution in [3.63, 3.8) is 0 Å². The van der Waals surface area contributed by atoms with Crippen molar-refractivity contribution in [3.8, 4) is 0 Å². The van der Waals surface area contributed by atoms with Crippen LogP contribution in [0, 0.1) is 0 Å². The molecule has 1 nitrogen and oxygen atoms in total. The van der Waals surface area contributed by atoms with Gasteiger partial charge in [-0.3, -0.25) is 0 Å². The first-order valence-electron chi connectivity index (χ1n) is 9.85. The minimum Gasteiger partial charge on any atom is -0.379 e. The zero-order chi connectivity index (χ0) is 19.4. The Bertz CT molecular complexity index is 562. The van der Waals surface area contributed by atoms with E-state index in [9.17, 15) is 0 Å². The average Bonchev–Trinajstić information content (AvgIpc) is 2.52. The van der Waals surface area contributed by atoms with Crippen LogP contribution in [0.4, 0.5) is 5.69 Å². The van der Waals surface area contributed by atoms with Crippen LogP contribution < -0.4 is 10.5 Å². The van der Waals surface area contributed by atoms with Gasteiger partial charge in [0.15, 0.2) is 0 Å². The molecule has 3 radical (unpaired) electrons. The van der Waals surface area contributed by atoms with Gasteiger partial charge in [-0.25, -0.2) is 0 Å². The molecular weight excluding hydrogens is 334 g/mol. The van der Waals surface area contributed by atoms with E-state index in [-0.39, 0.29) is 0 Å². The van der Waals surface area contributed by atoms with Crippen LogP contribution in [0.25, 0.3) is 0 Å². The molecule has 0 heterocycles. The standard InChI is InChI=1S/C22H38NSi2/c1-10-20(18(8)19(9)24)23-21-13-11-12-14-22(21)25(15(2)3,16(4)5)17(6)7/h11-17,20,23H,10H2,1-9H3. The molecule has 3 heteroatoms. The van der Waals surface area contributed by atoms with Crippen LogP contribution in [0.1, 0.15) is 68.7 Å². The van der Waals surface area contributed by atoms with Gasteiger partial charge in [-0.15, -0.1) is 0 Å². The van der Waals surface area contributed by atoms with Crippen molar-refractivity contribution in [2.75, 3.05) is 5.32 Å². The molecule has 0 aromatic heterocycles. The molecule has 1 unspecified atom stereocenters. The Hall–Kier alpha value is -0.806. The summed E-state index contributed by atoms with van der Waals surface area (Å²) in [4.78, 5) is 0. The van der Waals surface area contributed by atoms with E-state index in [0.717, 1.165) is 6.42 Å². The van der Waals surface area contributed by atoms with Crippen LogP contribution in [-0.2, 0) is 0 Å². The topological polar surface area (TPSA) is 12.0 Å². The van der Waals surface area contributed by atoms with E-state index in [2.05, 4.69) is 102 Å². The minimum atomic E-state index is -1.68. The lowest BCUT2D eigenvalue weighted by Gasteiger charge is -2.45. The van der Waals surface area contributed by atoms with Gasteiger partial charge in [-0.2, -0.15) is 0 Å². The molecule has 139 valence electrons. The maximum Gasteiger partial charge on any atom is 0.0969 e. The minimum absolute atomic E-state index is 0.372. The molecule has 0 saturated carbocycles. The number of benzene rings is 1. The molecule has 1 aromatic carbocycles. The molecule has 0 saturated heterocycles. The van der Waals surface area contributed by atoms with Crippen LogP contribution in [-0.4, -0.2) is 24.4 Å². The number of hydrogen-bond acceptors (Lipinski definition) is 1. The van der Waals surface area contributed by atoms with E-state index in [4.69, 9.17) is 0 Å². The maximum absolute atomic E-state index is 3.89. The molecule has 1 atom stereocenters. The molecule has 0 spiro atoms. The highest BCUT2D eigenvalue weighted by Crippen LogP contribution is 2.42. The zero-order valence-corrected chi connectivity index (χ0v) is 19.8. The van der Waals surface area contributed by atoms with Crippen LogP contribution in [0.2, 0.25) is 16.6 Å². The Morgan fingerprint density at radius 1 is 0.960 bits per heavy atom. The number of rotatable bonds is 8.